The predicted molar refractivity (Wildman–Crippen MR) is 74.4 cm³/mol. The highest BCUT2D eigenvalue weighted by atomic mass is 35.5. The van der Waals surface area contributed by atoms with Gasteiger partial charge in [0.1, 0.15) is 23.7 Å². The number of imidazole rings is 1. The van der Waals surface area contributed by atoms with Gasteiger partial charge in [0, 0.05) is 7.11 Å². The summed E-state index contributed by atoms with van der Waals surface area (Å²) in [7, 11) is 2.92. The summed E-state index contributed by atoms with van der Waals surface area (Å²) in [6.07, 6.45) is 0. The Balaban J connectivity index is 2.43. The van der Waals surface area contributed by atoms with E-state index >= 15 is 0 Å². The molecule has 0 saturated carbocycles. The first-order chi connectivity index (χ1) is 9.69. The number of aromatic amines is 1. The van der Waals surface area contributed by atoms with Crippen LogP contribution in [0.1, 0.15) is 16.2 Å². The van der Waals surface area contributed by atoms with E-state index in [4.69, 9.17) is 25.8 Å². The standard InChI is InChI=1S/C13H15ClN2O4/c1-18-3-4-20-10-6-8(13(17)19-2)5-9-12(10)16-11(7-14)15-9/h5-6H,3-4,7H2,1-2H3,(H,15,16). The second-order valence-electron chi connectivity index (χ2n) is 4.02. The molecule has 0 unspecified atom stereocenters. The molecule has 1 N–H and O–H groups in total. The number of rotatable bonds is 6. The molecule has 7 heteroatoms. The molecular weight excluding hydrogens is 284 g/mol. The van der Waals surface area contributed by atoms with Crippen molar-refractivity contribution < 1.29 is 19.0 Å². The van der Waals surface area contributed by atoms with Gasteiger partial charge in [0.15, 0.2) is 0 Å². The van der Waals surface area contributed by atoms with Crippen molar-refractivity contribution in [1.29, 1.82) is 0 Å². The first-order valence-electron chi connectivity index (χ1n) is 5.98. The van der Waals surface area contributed by atoms with E-state index in [1.54, 1.807) is 19.2 Å². The number of fused-ring (bicyclic) bond motifs is 1. The van der Waals surface area contributed by atoms with E-state index in [1.807, 2.05) is 0 Å². The Bertz CT molecular complexity index is 612. The average molecular weight is 299 g/mol. The molecule has 1 aromatic heterocycles. The first kappa shape index (κ1) is 14.6. The normalized spacial score (nSPS) is 10.8. The van der Waals surface area contributed by atoms with Gasteiger partial charge in [-0.2, -0.15) is 0 Å². The van der Waals surface area contributed by atoms with Crippen molar-refractivity contribution in [3.8, 4) is 5.75 Å². The Morgan fingerprint density at radius 2 is 2.15 bits per heavy atom. The Hall–Kier alpha value is -1.79. The number of esters is 1. The van der Waals surface area contributed by atoms with E-state index < -0.39 is 5.97 Å². The maximum absolute atomic E-state index is 11.7. The lowest BCUT2D eigenvalue weighted by molar-refractivity contribution is 0.0600. The van der Waals surface area contributed by atoms with Crippen LogP contribution in [0.25, 0.3) is 11.0 Å². The first-order valence-corrected chi connectivity index (χ1v) is 6.51. The second kappa shape index (κ2) is 6.58. The quantitative estimate of drug-likeness (QED) is 0.502. The molecule has 20 heavy (non-hydrogen) atoms. The molecule has 0 saturated heterocycles. The van der Waals surface area contributed by atoms with E-state index in [1.165, 1.54) is 7.11 Å². The largest absolute Gasteiger partial charge is 0.489 e. The molecule has 0 amide bonds. The highest BCUT2D eigenvalue weighted by Crippen LogP contribution is 2.27. The lowest BCUT2D eigenvalue weighted by atomic mass is 10.2. The van der Waals surface area contributed by atoms with E-state index in [-0.39, 0.29) is 5.88 Å². The highest BCUT2D eigenvalue weighted by molar-refractivity contribution is 6.16. The van der Waals surface area contributed by atoms with Crippen molar-refractivity contribution in [2.45, 2.75) is 5.88 Å². The van der Waals surface area contributed by atoms with Crippen LogP contribution in [0.3, 0.4) is 0 Å². The summed E-state index contributed by atoms with van der Waals surface area (Å²) in [6.45, 7) is 0.802. The van der Waals surface area contributed by atoms with Crippen molar-refractivity contribution in [3.05, 3.63) is 23.5 Å². The molecular formula is C13H15ClN2O4. The lowest BCUT2D eigenvalue weighted by Crippen LogP contribution is -2.06. The Morgan fingerprint density at radius 3 is 2.80 bits per heavy atom. The third-order valence-electron chi connectivity index (χ3n) is 2.69. The second-order valence-corrected chi connectivity index (χ2v) is 4.29. The Morgan fingerprint density at radius 1 is 1.35 bits per heavy atom. The molecule has 2 aromatic rings. The SMILES string of the molecule is COCCOc1cc(C(=O)OC)cc2[nH]c(CCl)nc12. The number of hydrogen-bond donors (Lipinski definition) is 1. The van der Waals surface area contributed by atoms with Gasteiger partial charge in [0.2, 0.25) is 0 Å². The van der Waals surface area contributed by atoms with Crippen LogP contribution in [0, 0.1) is 0 Å². The summed E-state index contributed by atoms with van der Waals surface area (Å²) in [5, 5.41) is 0. The lowest BCUT2D eigenvalue weighted by Gasteiger charge is -2.08. The van der Waals surface area contributed by atoms with Crippen LogP contribution in [0.2, 0.25) is 0 Å². The monoisotopic (exact) mass is 298 g/mol. The van der Waals surface area contributed by atoms with Crippen LogP contribution in [0.15, 0.2) is 12.1 Å². The van der Waals surface area contributed by atoms with Crippen LogP contribution in [0.4, 0.5) is 0 Å². The molecule has 0 bridgehead atoms. The molecule has 6 nitrogen and oxygen atoms in total. The number of nitrogens with one attached hydrogen (secondary N) is 1. The van der Waals surface area contributed by atoms with Crippen LogP contribution in [0.5, 0.6) is 5.75 Å². The third-order valence-corrected chi connectivity index (χ3v) is 2.95. The number of methoxy groups -OCH3 is 2. The fraction of sp³-hybridized carbons (Fsp3) is 0.385. The third kappa shape index (κ3) is 3.02. The number of ether oxygens (including phenoxy) is 3. The molecule has 0 aliphatic heterocycles. The van der Waals surface area contributed by atoms with Gasteiger partial charge < -0.3 is 19.2 Å². The van der Waals surface area contributed by atoms with Gasteiger partial charge in [-0.25, -0.2) is 9.78 Å². The summed E-state index contributed by atoms with van der Waals surface area (Å²) in [4.78, 5) is 19.0. The molecule has 0 radical (unpaired) electrons. The number of benzene rings is 1. The van der Waals surface area contributed by atoms with Gasteiger partial charge >= 0.3 is 5.97 Å². The van der Waals surface area contributed by atoms with Crippen molar-refractivity contribution >= 4 is 28.6 Å². The fourth-order valence-electron chi connectivity index (χ4n) is 1.78. The number of H-pyrrole nitrogens is 1. The minimum Gasteiger partial charge on any atom is -0.489 e. The smallest absolute Gasteiger partial charge is 0.338 e. The summed E-state index contributed by atoms with van der Waals surface area (Å²) in [5.41, 5.74) is 1.69. The van der Waals surface area contributed by atoms with Gasteiger partial charge in [0.25, 0.3) is 0 Å². The van der Waals surface area contributed by atoms with Gasteiger partial charge in [0.05, 0.1) is 30.7 Å². The predicted octanol–water partition coefficient (Wildman–Crippen LogP) is 2.11. The number of halogens is 1. The van der Waals surface area contributed by atoms with E-state index in [9.17, 15) is 4.79 Å². The Labute approximate surface area is 121 Å². The average Bonchev–Trinajstić information content (AvgIpc) is 2.89. The summed E-state index contributed by atoms with van der Waals surface area (Å²) in [6, 6.07) is 3.26. The Kier molecular flexibility index (Phi) is 4.81. The number of aromatic nitrogens is 2. The molecule has 0 spiro atoms. The van der Waals surface area contributed by atoms with Crippen molar-refractivity contribution in [2.24, 2.45) is 0 Å². The molecule has 2 rings (SSSR count). The number of alkyl halides is 1. The number of carbonyl (C=O) groups is 1. The zero-order valence-electron chi connectivity index (χ0n) is 11.2. The van der Waals surface area contributed by atoms with Crippen LogP contribution >= 0.6 is 11.6 Å². The van der Waals surface area contributed by atoms with Gasteiger partial charge in [-0.3, -0.25) is 0 Å². The molecule has 0 atom stereocenters. The highest BCUT2D eigenvalue weighted by Gasteiger charge is 2.15. The topological polar surface area (TPSA) is 73.4 Å². The van der Waals surface area contributed by atoms with Gasteiger partial charge in [-0.05, 0) is 12.1 Å². The zero-order valence-corrected chi connectivity index (χ0v) is 12.0. The number of nitrogens with zero attached hydrogens (tertiary/aromatic N) is 1. The number of carbonyl (C=O) groups excluding carboxylic acids is 1. The summed E-state index contributed by atoms with van der Waals surface area (Å²) >= 11 is 5.76. The van der Waals surface area contributed by atoms with Crippen LogP contribution in [-0.4, -0.2) is 43.4 Å². The molecule has 0 aliphatic carbocycles. The molecule has 1 heterocycles. The van der Waals surface area contributed by atoms with Crippen LogP contribution < -0.4 is 4.74 Å². The minimum absolute atomic E-state index is 0.250. The van der Waals surface area contributed by atoms with Gasteiger partial charge in [-0.1, -0.05) is 0 Å². The maximum Gasteiger partial charge on any atom is 0.338 e. The fourth-order valence-corrected chi connectivity index (χ4v) is 1.91. The molecule has 0 aliphatic rings. The zero-order chi connectivity index (χ0) is 14.5. The van der Waals surface area contributed by atoms with Crippen LogP contribution in [-0.2, 0) is 15.4 Å². The van der Waals surface area contributed by atoms with Crippen molar-refractivity contribution in [3.63, 3.8) is 0 Å². The number of hydrogen-bond acceptors (Lipinski definition) is 5. The van der Waals surface area contributed by atoms with E-state index in [2.05, 4.69) is 9.97 Å². The summed E-state index contributed by atoms with van der Waals surface area (Å²) < 4.78 is 15.2. The van der Waals surface area contributed by atoms with Gasteiger partial charge in [-0.15, -0.1) is 11.6 Å². The summed E-state index contributed by atoms with van der Waals surface area (Å²) in [5.74, 6) is 0.915. The van der Waals surface area contributed by atoms with E-state index in [0.29, 0.717) is 41.4 Å². The van der Waals surface area contributed by atoms with E-state index in [0.717, 1.165) is 0 Å². The molecule has 0 fully saturated rings. The molecule has 108 valence electrons. The van der Waals surface area contributed by atoms with Crippen molar-refractivity contribution in [1.82, 2.24) is 9.97 Å². The minimum atomic E-state index is -0.439. The molecule has 1 aromatic carbocycles. The van der Waals surface area contributed by atoms with Crippen molar-refractivity contribution in [2.75, 3.05) is 27.4 Å². The maximum atomic E-state index is 11.7.